The summed E-state index contributed by atoms with van der Waals surface area (Å²) in [5.41, 5.74) is 7.42. The standard InChI is InChI=1S/C20H29N3O2/c1-12(2)22-20(25)16-8-3-4-9-17(16)23-19(24)15-10-13-6-5-7-14(11-15)18(13)21/h3-4,8-9,12-15,18H,5-7,10-11,21H2,1-2H3,(H,22,25)(H,23,24). The fourth-order valence-electron chi connectivity index (χ4n) is 4.37. The molecule has 136 valence electrons. The lowest BCUT2D eigenvalue weighted by Crippen LogP contribution is -2.48. The van der Waals surface area contributed by atoms with E-state index in [0.29, 0.717) is 23.1 Å². The average Bonchev–Trinajstić information content (AvgIpc) is 2.54. The van der Waals surface area contributed by atoms with Gasteiger partial charge in [0.25, 0.3) is 5.91 Å². The van der Waals surface area contributed by atoms with Crippen LogP contribution in [0.5, 0.6) is 0 Å². The van der Waals surface area contributed by atoms with E-state index in [-0.39, 0.29) is 29.8 Å². The van der Waals surface area contributed by atoms with Gasteiger partial charge in [0.2, 0.25) is 5.91 Å². The molecule has 1 aromatic carbocycles. The zero-order valence-electron chi connectivity index (χ0n) is 15.1. The van der Waals surface area contributed by atoms with Crippen molar-refractivity contribution in [1.29, 1.82) is 0 Å². The number of para-hydroxylation sites is 1. The Bertz CT molecular complexity index is 630. The van der Waals surface area contributed by atoms with E-state index in [4.69, 9.17) is 5.73 Å². The molecule has 2 atom stereocenters. The number of rotatable bonds is 4. The van der Waals surface area contributed by atoms with Crippen LogP contribution < -0.4 is 16.4 Å². The highest BCUT2D eigenvalue weighted by atomic mass is 16.2. The summed E-state index contributed by atoms with van der Waals surface area (Å²) in [6.07, 6.45) is 5.23. The van der Waals surface area contributed by atoms with Crippen molar-refractivity contribution < 1.29 is 9.59 Å². The molecule has 1 aromatic rings. The Morgan fingerprint density at radius 1 is 1.12 bits per heavy atom. The second-order valence-corrected chi connectivity index (χ2v) is 7.86. The van der Waals surface area contributed by atoms with E-state index in [1.54, 1.807) is 12.1 Å². The highest BCUT2D eigenvalue weighted by molar-refractivity contribution is 6.04. The van der Waals surface area contributed by atoms with Crippen LogP contribution in [0.4, 0.5) is 5.69 Å². The molecule has 2 bridgehead atoms. The summed E-state index contributed by atoms with van der Waals surface area (Å²) < 4.78 is 0. The molecule has 2 amide bonds. The first-order chi connectivity index (χ1) is 12.0. The van der Waals surface area contributed by atoms with E-state index in [0.717, 1.165) is 25.7 Å². The predicted octanol–water partition coefficient (Wildman–Crippen LogP) is 2.92. The van der Waals surface area contributed by atoms with E-state index in [1.165, 1.54) is 6.42 Å². The Hall–Kier alpha value is -1.88. The van der Waals surface area contributed by atoms with Gasteiger partial charge in [0.05, 0.1) is 11.3 Å². The molecule has 4 N–H and O–H groups in total. The molecular formula is C20H29N3O2. The van der Waals surface area contributed by atoms with E-state index < -0.39 is 0 Å². The Morgan fingerprint density at radius 3 is 2.40 bits per heavy atom. The van der Waals surface area contributed by atoms with Crippen molar-refractivity contribution in [1.82, 2.24) is 5.32 Å². The molecule has 2 aliphatic carbocycles. The zero-order chi connectivity index (χ0) is 18.0. The first kappa shape index (κ1) is 17.9. The molecule has 2 unspecified atom stereocenters. The average molecular weight is 343 g/mol. The van der Waals surface area contributed by atoms with Gasteiger partial charge in [-0.05, 0) is 63.5 Å². The molecule has 5 nitrogen and oxygen atoms in total. The lowest BCUT2D eigenvalue weighted by molar-refractivity contribution is -0.122. The number of fused-ring (bicyclic) bond motifs is 2. The molecule has 0 radical (unpaired) electrons. The second-order valence-electron chi connectivity index (χ2n) is 7.86. The summed E-state index contributed by atoms with van der Waals surface area (Å²) in [6.45, 7) is 3.84. The van der Waals surface area contributed by atoms with E-state index in [2.05, 4.69) is 10.6 Å². The largest absolute Gasteiger partial charge is 0.350 e. The minimum Gasteiger partial charge on any atom is -0.350 e. The number of hydrogen-bond acceptors (Lipinski definition) is 3. The van der Waals surface area contributed by atoms with Crippen molar-refractivity contribution in [2.75, 3.05) is 5.32 Å². The number of nitrogens with two attached hydrogens (primary N) is 1. The molecule has 3 rings (SSSR count). The summed E-state index contributed by atoms with van der Waals surface area (Å²) in [6, 6.07) is 7.50. The molecule has 25 heavy (non-hydrogen) atoms. The number of carbonyl (C=O) groups is 2. The summed E-state index contributed by atoms with van der Waals surface area (Å²) in [4.78, 5) is 25.2. The Kier molecular flexibility index (Phi) is 5.42. The van der Waals surface area contributed by atoms with Crippen molar-refractivity contribution in [3.63, 3.8) is 0 Å². The summed E-state index contributed by atoms with van der Waals surface area (Å²) in [5.74, 6) is 0.781. The third kappa shape index (κ3) is 4.03. The molecule has 0 aliphatic heterocycles. The highest BCUT2D eigenvalue weighted by Gasteiger charge is 2.40. The lowest BCUT2D eigenvalue weighted by atomic mass is 9.65. The van der Waals surface area contributed by atoms with E-state index in [9.17, 15) is 9.59 Å². The summed E-state index contributed by atoms with van der Waals surface area (Å²) in [7, 11) is 0. The third-order valence-electron chi connectivity index (χ3n) is 5.63. The molecule has 2 aliphatic rings. The minimum atomic E-state index is -0.159. The van der Waals surface area contributed by atoms with Crippen LogP contribution in [-0.2, 0) is 4.79 Å². The Balaban J connectivity index is 1.70. The number of nitrogens with one attached hydrogen (secondary N) is 2. The van der Waals surface area contributed by atoms with Crippen molar-refractivity contribution in [3.8, 4) is 0 Å². The van der Waals surface area contributed by atoms with Gasteiger partial charge >= 0.3 is 0 Å². The summed E-state index contributed by atoms with van der Waals surface area (Å²) in [5, 5.41) is 5.88. The lowest BCUT2D eigenvalue weighted by Gasteiger charge is -2.43. The Labute approximate surface area is 149 Å². The fraction of sp³-hybridized carbons (Fsp3) is 0.600. The third-order valence-corrected chi connectivity index (χ3v) is 5.63. The van der Waals surface area contributed by atoms with Crippen LogP contribution in [0.15, 0.2) is 24.3 Å². The number of carbonyl (C=O) groups excluding carboxylic acids is 2. The Morgan fingerprint density at radius 2 is 1.76 bits per heavy atom. The van der Waals surface area contributed by atoms with Crippen LogP contribution >= 0.6 is 0 Å². The molecule has 0 spiro atoms. The van der Waals surface area contributed by atoms with Crippen LogP contribution in [0.1, 0.15) is 56.3 Å². The van der Waals surface area contributed by atoms with Crippen molar-refractivity contribution in [2.45, 2.75) is 58.0 Å². The maximum atomic E-state index is 12.8. The van der Waals surface area contributed by atoms with Crippen molar-refractivity contribution in [3.05, 3.63) is 29.8 Å². The van der Waals surface area contributed by atoms with Crippen LogP contribution in [-0.4, -0.2) is 23.9 Å². The monoisotopic (exact) mass is 343 g/mol. The smallest absolute Gasteiger partial charge is 0.253 e. The van der Waals surface area contributed by atoms with Gasteiger partial charge in [0.1, 0.15) is 0 Å². The highest BCUT2D eigenvalue weighted by Crippen LogP contribution is 2.42. The molecule has 0 heterocycles. The second kappa shape index (κ2) is 7.56. The quantitative estimate of drug-likeness (QED) is 0.786. The maximum Gasteiger partial charge on any atom is 0.253 e. The van der Waals surface area contributed by atoms with Gasteiger partial charge in [0.15, 0.2) is 0 Å². The number of amides is 2. The molecule has 5 heteroatoms. The van der Waals surface area contributed by atoms with Gasteiger partial charge in [-0.2, -0.15) is 0 Å². The van der Waals surface area contributed by atoms with Crippen LogP contribution in [0.25, 0.3) is 0 Å². The maximum absolute atomic E-state index is 12.8. The first-order valence-electron chi connectivity index (χ1n) is 9.42. The molecule has 0 aromatic heterocycles. The van der Waals surface area contributed by atoms with Gasteiger partial charge in [0, 0.05) is 18.0 Å². The summed E-state index contributed by atoms with van der Waals surface area (Å²) >= 11 is 0. The fourth-order valence-corrected chi connectivity index (χ4v) is 4.37. The SMILES string of the molecule is CC(C)NC(=O)c1ccccc1NC(=O)C1CC2CCCC(C1)C2N. The van der Waals surface area contributed by atoms with Crippen LogP contribution in [0.3, 0.4) is 0 Å². The van der Waals surface area contributed by atoms with Gasteiger partial charge in [-0.15, -0.1) is 0 Å². The molecule has 2 fully saturated rings. The van der Waals surface area contributed by atoms with Crippen molar-refractivity contribution >= 4 is 17.5 Å². The number of anilines is 1. The van der Waals surface area contributed by atoms with Crippen LogP contribution in [0.2, 0.25) is 0 Å². The van der Waals surface area contributed by atoms with Gasteiger partial charge < -0.3 is 16.4 Å². The number of benzene rings is 1. The molecule has 2 saturated carbocycles. The minimum absolute atomic E-state index is 0.00341. The zero-order valence-corrected chi connectivity index (χ0v) is 15.1. The van der Waals surface area contributed by atoms with Crippen molar-refractivity contribution in [2.24, 2.45) is 23.5 Å². The van der Waals surface area contributed by atoms with Gasteiger partial charge in [-0.25, -0.2) is 0 Å². The van der Waals surface area contributed by atoms with Gasteiger partial charge in [-0.1, -0.05) is 18.6 Å². The van der Waals surface area contributed by atoms with E-state index in [1.807, 2.05) is 26.0 Å². The van der Waals surface area contributed by atoms with E-state index >= 15 is 0 Å². The topological polar surface area (TPSA) is 84.2 Å². The normalized spacial score (nSPS) is 28.5. The number of hydrogen-bond donors (Lipinski definition) is 3. The molecule has 0 saturated heterocycles. The van der Waals surface area contributed by atoms with Gasteiger partial charge in [-0.3, -0.25) is 9.59 Å². The predicted molar refractivity (Wildman–Crippen MR) is 99.2 cm³/mol. The molecular weight excluding hydrogens is 314 g/mol. The first-order valence-corrected chi connectivity index (χ1v) is 9.42. The van der Waals surface area contributed by atoms with Crippen LogP contribution in [0, 0.1) is 17.8 Å².